The summed E-state index contributed by atoms with van der Waals surface area (Å²) in [4.78, 5) is 16.1. The number of aromatic nitrogens is 2. The first-order valence-electron chi connectivity index (χ1n) is 6.66. The number of nitrogens with one attached hydrogen (secondary N) is 1. The minimum Gasteiger partial charge on any atom is -0.381 e. The van der Waals surface area contributed by atoms with E-state index in [1.54, 1.807) is 0 Å². The van der Waals surface area contributed by atoms with Crippen LogP contribution in [0, 0.1) is 0 Å². The van der Waals surface area contributed by atoms with Crippen molar-refractivity contribution in [2.45, 2.75) is 37.1 Å². The number of carbonyl (C=O) groups is 1. The van der Waals surface area contributed by atoms with Crippen LogP contribution in [0.15, 0.2) is 4.52 Å². The Morgan fingerprint density at radius 3 is 2.79 bits per heavy atom. The van der Waals surface area contributed by atoms with Crippen molar-refractivity contribution in [2.75, 3.05) is 19.8 Å². The van der Waals surface area contributed by atoms with Crippen LogP contribution in [-0.4, -0.2) is 41.8 Å². The molecule has 2 heterocycles. The van der Waals surface area contributed by atoms with Gasteiger partial charge >= 0.3 is 0 Å². The minimum absolute atomic E-state index is 0.0983. The molecule has 3 N–H and O–H groups in total. The van der Waals surface area contributed by atoms with Gasteiger partial charge in [-0.3, -0.25) is 4.79 Å². The van der Waals surface area contributed by atoms with Gasteiger partial charge < -0.3 is 20.3 Å². The highest BCUT2D eigenvalue weighted by Crippen LogP contribution is 2.32. The fraction of sp³-hybridized carbons (Fsp3) is 0.750. The molecule has 3 rings (SSSR count). The van der Waals surface area contributed by atoms with Gasteiger partial charge in [0, 0.05) is 25.8 Å². The van der Waals surface area contributed by atoms with Crippen LogP contribution in [-0.2, 0) is 10.2 Å². The molecule has 104 valence electrons. The molecule has 0 radical (unpaired) electrons. The Morgan fingerprint density at radius 1 is 1.42 bits per heavy atom. The van der Waals surface area contributed by atoms with Crippen molar-refractivity contribution < 1.29 is 14.1 Å². The van der Waals surface area contributed by atoms with Crippen LogP contribution in [0.1, 0.15) is 42.2 Å². The van der Waals surface area contributed by atoms with E-state index in [1.807, 2.05) is 0 Å². The number of nitrogens with two attached hydrogens (primary N) is 1. The fourth-order valence-corrected chi connectivity index (χ4v) is 2.28. The number of carbonyl (C=O) groups excluding carboxylic acids is 1. The standard InChI is InChI=1S/C12H18N4O3/c13-7-12(3-5-18-6-4-12)11-15-9(16-19-11)10(17)14-8-1-2-8/h8H,1-7,13H2,(H,14,17). The average Bonchev–Trinajstić information content (AvgIpc) is 3.11. The normalized spacial score (nSPS) is 22.2. The molecule has 2 aliphatic rings. The monoisotopic (exact) mass is 266 g/mol. The van der Waals surface area contributed by atoms with Crippen LogP contribution in [0.4, 0.5) is 0 Å². The molecule has 7 nitrogen and oxygen atoms in total. The first-order chi connectivity index (χ1) is 9.23. The number of nitrogens with zero attached hydrogens (tertiary/aromatic N) is 2. The molecule has 1 saturated carbocycles. The van der Waals surface area contributed by atoms with Crippen molar-refractivity contribution in [3.05, 3.63) is 11.7 Å². The molecule has 0 spiro atoms. The second-order valence-corrected chi connectivity index (χ2v) is 5.27. The topological polar surface area (TPSA) is 103 Å². The Bertz CT molecular complexity index is 463. The molecular weight excluding hydrogens is 248 g/mol. The van der Waals surface area contributed by atoms with E-state index in [-0.39, 0.29) is 23.2 Å². The van der Waals surface area contributed by atoms with Gasteiger partial charge in [-0.05, 0) is 25.7 Å². The Labute approximate surface area is 110 Å². The van der Waals surface area contributed by atoms with Crippen LogP contribution in [0.25, 0.3) is 0 Å². The molecule has 7 heteroatoms. The molecular formula is C12H18N4O3. The maximum absolute atomic E-state index is 11.8. The summed E-state index contributed by atoms with van der Waals surface area (Å²) in [5.41, 5.74) is 5.52. The van der Waals surface area contributed by atoms with E-state index in [1.165, 1.54) is 0 Å². The lowest BCUT2D eigenvalue weighted by Crippen LogP contribution is -2.41. The Morgan fingerprint density at radius 2 is 2.16 bits per heavy atom. The lowest BCUT2D eigenvalue weighted by Gasteiger charge is -2.32. The third kappa shape index (κ3) is 2.48. The van der Waals surface area contributed by atoms with Crippen molar-refractivity contribution >= 4 is 5.91 Å². The molecule has 1 aliphatic heterocycles. The molecule has 0 atom stereocenters. The summed E-state index contributed by atoms with van der Waals surface area (Å²) in [5.74, 6) is 0.289. The van der Waals surface area contributed by atoms with E-state index in [0.29, 0.717) is 25.6 Å². The predicted molar refractivity (Wildman–Crippen MR) is 65.6 cm³/mol. The molecule has 1 aromatic rings. The van der Waals surface area contributed by atoms with Gasteiger partial charge in [0.15, 0.2) is 0 Å². The largest absolute Gasteiger partial charge is 0.381 e. The Balaban J connectivity index is 1.76. The fourth-order valence-electron chi connectivity index (χ4n) is 2.28. The number of hydrogen-bond acceptors (Lipinski definition) is 6. The van der Waals surface area contributed by atoms with Gasteiger partial charge in [0.1, 0.15) is 0 Å². The first kappa shape index (κ1) is 12.6. The van der Waals surface area contributed by atoms with Crippen molar-refractivity contribution in [2.24, 2.45) is 5.73 Å². The average molecular weight is 266 g/mol. The molecule has 0 aromatic carbocycles. The summed E-state index contributed by atoms with van der Waals surface area (Å²) in [7, 11) is 0. The van der Waals surface area contributed by atoms with Crippen LogP contribution in [0.5, 0.6) is 0 Å². The number of ether oxygens (including phenoxy) is 1. The highest BCUT2D eigenvalue weighted by atomic mass is 16.5. The smallest absolute Gasteiger partial charge is 0.292 e. The second-order valence-electron chi connectivity index (χ2n) is 5.27. The molecule has 1 aliphatic carbocycles. The summed E-state index contributed by atoms with van der Waals surface area (Å²) in [6.45, 7) is 1.68. The van der Waals surface area contributed by atoms with Gasteiger partial charge in [-0.1, -0.05) is 5.16 Å². The van der Waals surface area contributed by atoms with Gasteiger partial charge in [-0.2, -0.15) is 4.98 Å². The van der Waals surface area contributed by atoms with E-state index in [2.05, 4.69) is 15.5 Å². The van der Waals surface area contributed by atoms with Crippen molar-refractivity contribution in [3.63, 3.8) is 0 Å². The third-order valence-corrected chi connectivity index (χ3v) is 3.84. The number of hydrogen-bond donors (Lipinski definition) is 2. The van der Waals surface area contributed by atoms with E-state index < -0.39 is 0 Å². The quantitative estimate of drug-likeness (QED) is 0.793. The maximum Gasteiger partial charge on any atom is 0.292 e. The minimum atomic E-state index is -0.344. The van der Waals surface area contributed by atoms with Crippen LogP contribution in [0.3, 0.4) is 0 Å². The lowest BCUT2D eigenvalue weighted by atomic mass is 9.80. The van der Waals surface area contributed by atoms with Gasteiger partial charge in [-0.15, -0.1) is 0 Å². The van der Waals surface area contributed by atoms with Gasteiger partial charge in [0.2, 0.25) is 5.89 Å². The van der Waals surface area contributed by atoms with E-state index >= 15 is 0 Å². The Kier molecular flexibility index (Phi) is 3.24. The SMILES string of the molecule is NCC1(c2nc(C(=O)NC3CC3)no2)CCOCC1. The summed E-state index contributed by atoms with van der Waals surface area (Å²) < 4.78 is 10.6. The van der Waals surface area contributed by atoms with Crippen molar-refractivity contribution in [3.8, 4) is 0 Å². The van der Waals surface area contributed by atoms with E-state index in [4.69, 9.17) is 15.0 Å². The highest BCUT2D eigenvalue weighted by Gasteiger charge is 2.39. The zero-order chi connectivity index (χ0) is 13.3. The summed E-state index contributed by atoms with van der Waals surface area (Å²) in [5, 5.41) is 6.61. The molecule has 19 heavy (non-hydrogen) atoms. The van der Waals surface area contributed by atoms with E-state index in [9.17, 15) is 4.79 Å². The summed E-state index contributed by atoms with van der Waals surface area (Å²) in [6, 6.07) is 0.279. The summed E-state index contributed by atoms with van der Waals surface area (Å²) in [6.07, 6.45) is 3.55. The molecule has 1 amide bonds. The van der Waals surface area contributed by atoms with Crippen molar-refractivity contribution in [1.29, 1.82) is 0 Å². The molecule has 1 saturated heterocycles. The number of amides is 1. The van der Waals surface area contributed by atoms with Crippen LogP contribution >= 0.6 is 0 Å². The maximum atomic E-state index is 11.8. The van der Waals surface area contributed by atoms with Crippen LogP contribution in [0.2, 0.25) is 0 Å². The lowest BCUT2D eigenvalue weighted by molar-refractivity contribution is 0.0408. The van der Waals surface area contributed by atoms with E-state index in [0.717, 1.165) is 25.7 Å². The molecule has 0 bridgehead atoms. The van der Waals surface area contributed by atoms with Crippen LogP contribution < -0.4 is 11.1 Å². The predicted octanol–water partition coefficient (Wildman–Crippen LogP) is -0.0313. The zero-order valence-electron chi connectivity index (χ0n) is 10.7. The number of rotatable bonds is 4. The van der Waals surface area contributed by atoms with Gasteiger partial charge in [0.25, 0.3) is 11.7 Å². The third-order valence-electron chi connectivity index (χ3n) is 3.84. The molecule has 1 aromatic heterocycles. The zero-order valence-corrected chi connectivity index (χ0v) is 10.7. The first-order valence-corrected chi connectivity index (χ1v) is 6.66. The second kappa shape index (κ2) is 4.90. The van der Waals surface area contributed by atoms with Crippen molar-refractivity contribution in [1.82, 2.24) is 15.5 Å². The Hall–Kier alpha value is -1.47. The van der Waals surface area contributed by atoms with Gasteiger partial charge in [0.05, 0.1) is 5.41 Å². The highest BCUT2D eigenvalue weighted by molar-refractivity contribution is 5.90. The summed E-state index contributed by atoms with van der Waals surface area (Å²) >= 11 is 0. The van der Waals surface area contributed by atoms with Gasteiger partial charge in [-0.25, -0.2) is 0 Å². The molecule has 0 unspecified atom stereocenters. The molecule has 2 fully saturated rings.